The van der Waals surface area contributed by atoms with Crippen LogP contribution in [0.3, 0.4) is 0 Å². The van der Waals surface area contributed by atoms with Gasteiger partial charge in [-0.15, -0.1) is 0 Å². The first-order valence-electron chi connectivity index (χ1n) is 6.35. The van der Waals surface area contributed by atoms with E-state index in [1.807, 2.05) is 0 Å². The molecule has 2 aromatic rings. The molecule has 0 aliphatic rings. The second-order valence-corrected chi connectivity index (χ2v) is 5.76. The molecule has 0 fully saturated rings. The van der Waals surface area contributed by atoms with Crippen molar-refractivity contribution in [3.63, 3.8) is 0 Å². The third kappa shape index (κ3) is 4.27. The number of nitro groups is 2. The van der Waals surface area contributed by atoms with E-state index in [9.17, 15) is 25.0 Å². The molecular weight excluding hydrogens is 399 g/mol. The molecule has 0 unspecified atom stereocenters. The lowest BCUT2D eigenvalue weighted by atomic mass is 10.3. The first-order valence-corrected chi connectivity index (χ1v) is 7.48. The number of carbonyl (C=O) groups excluding carboxylic acids is 1. The molecule has 2 rings (SSSR count). The van der Waals surface area contributed by atoms with Crippen molar-refractivity contribution in [2.75, 3.05) is 10.3 Å². The zero-order valence-electron chi connectivity index (χ0n) is 12.0. The lowest BCUT2D eigenvalue weighted by Gasteiger charge is -2.16. The van der Waals surface area contributed by atoms with Gasteiger partial charge < -0.3 is 5.32 Å². The van der Waals surface area contributed by atoms with Crippen molar-refractivity contribution in [1.82, 2.24) is 0 Å². The molecule has 9 nitrogen and oxygen atoms in total. The molecule has 0 aromatic heterocycles. The molecule has 0 saturated carbocycles. The highest BCUT2D eigenvalue weighted by atomic mass is 35.5. The normalized spacial score (nSPS) is 10.2. The van der Waals surface area contributed by atoms with Gasteiger partial charge in [-0.3, -0.25) is 10.1 Å². The first-order chi connectivity index (χ1) is 11.7. The number of hydrazine groups is 1. The molecule has 0 bridgehead atoms. The standard InChI is InChI=1S/C13H7Cl3N4O5/c14-7-4-10(15)12(11(16)5-7)18(20(24)25)13(21)17-8-2-1-3-9(6-8)19(22)23/h1-6H,(H,17,21). The molecule has 0 aliphatic carbocycles. The van der Waals surface area contributed by atoms with E-state index in [2.05, 4.69) is 5.32 Å². The average molecular weight is 406 g/mol. The van der Waals surface area contributed by atoms with Crippen molar-refractivity contribution >= 4 is 57.9 Å². The Morgan fingerprint density at radius 2 is 1.64 bits per heavy atom. The number of urea groups is 1. The van der Waals surface area contributed by atoms with Crippen molar-refractivity contribution in [2.45, 2.75) is 0 Å². The fourth-order valence-electron chi connectivity index (χ4n) is 1.87. The molecule has 130 valence electrons. The average Bonchev–Trinajstić information content (AvgIpc) is 2.50. The third-order valence-electron chi connectivity index (χ3n) is 2.86. The van der Waals surface area contributed by atoms with Crippen molar-refractivity contribution in [3.8, 4) is 0 Å². The van der Waals surface area contributed by atoms with Gasteiger partial charge in [0, 0.05) is 22.8 Å². The number of benzene rings is 2. The fourth-order valence-corrected chi connectivity index (χ4v) is 2.85. The van der Waals surface area contributed by atoms with E-state index in [0.717, 1.165) is 6.07 Å². The second kappa shape index (κ2) is 7.51. The van der Waals surface area contributed by atoms with Gasteiger partial charge in [0.2, 0.25) is 0 Å². The minimum absolute atomic E-state index is 0.0211. The predicted octanol–water partition coefficient (Wildman–Crippen LogP) is 4.79. The number of nitrogens with one attached hydrogen (secondary N) is 1. The van der Waals surface area contributed by atoms with Crippen molar-refractivity contribution in [3.05, 3.63) is 71.7 Å². The fraction of sp³-hybridized carbons (Fsp3) is 0. The van der Waals surface area contributed by atoms with Crippen molar-refractivity contribution in [1.29, 1.82) is 0 Å². The number of nitro benzene ring substituents is 1. The Labute approximate surface area is 155 Å². The molecule has 0 atom stereocenters. The number of amides is 2. The Hall–Kier alpha value is -2.62. The van der Waals surface area contributed by atoms with Crippen LogP contribution in [-0.2, 0) is 0 Å². The van der Waals surface area contributed by atoms with Crippen LogP contribution >= 0.6 is 34.8 Å². The number of hydrogen-bond donors (Lipinski definition) is 1. The molecule has 2 amide bonds. The predicted molar refractivity (Wildman–Crippen MR) is 93.1 cm³/mol. The Morgan fingerprint density at radius 3 is 2.16 bits per heavy atom. The monoisotopic (exact) mass is 404 g/mol. The van der Waals surface area contributed by atoms with E-state index in [1.54, 1.807) is 0 Å². The van der Waals surface area contributed by atoms with Gasteiger partial charge in [0.25, 0.3) is 5.69 Å². The SMILES string of the molecule is O=C(Nc1cccc([N+](=O)[O-])c1)N(c1c(Cl)cc(Cl)cc1Cl)[N+](=O)[O-]. The van der Waals surface area contributed by atoms with Gasteiger partial charge in [-0.05, 0) is 23.2 Å². The van der Waals surface area contributed by atoms with Gasteiger partial charge in [-0.25, -0.2) is 14.9 Å². The van der Waals surface area contributed by atoms with E-state index in [1.165, 1.54) is 30.3 Å². The molecule has 0 radical (unpaired) electrons. The van der Waals surface area contributed by atoms with Gasteiger partial charge in [-0.1, -0.05) is 40.9 Å². The van der Waals surface area contributed by atoms with Crippen LogP contribution in [0.5, 0.6) is 0 Å². The van der Waals surface area contributed by atoms with E-state index in [4.69, 9.17) is 34.8 Å². The molecule has 2 aromatic carbocycles. The van der Waals surface area contributed by atoms with Crippen LogP contribution in [-0.4, -0.2) is 16.0 Å². The van der Waals surface area contributed by atoms with E-state index in [-0.39, 0.29) is 37.1 Å². The summed E-state index contributed by atoms with van der Waals surface area (Å²) in [5, 5.41) is 23.0. The summed E-state index contributed by atoms with van der Waals surface area (Å²) >= 11 is 17.5. The summed E-state index contributed by atoms with van der Waals surface area (Å²) in [5.74, 6) is 0. The van der Waals surface area contributed by atoms with Gasteiger partial charge >= 0.3 is 6.03 Å². The maximum Gasteiger partial charge on any atom is 0.385 e. The quantitative estimate of drug-likeness (QED) is 0.579. The Bertz CT molecular complexity index is 853. The van der Waals surface area contributed by atoms with Crippen LogP contribution in [0, 0.1) is 20.2 Å². The summed E-state index contributed by atoms with van der Waals surface area (Å²) in [5.41, 5.74) is -0.707. The summed E-state index contributed by atoms with van der Waals surface area (Å²) in [6.45, 7) is 0. The van der Waals surface area contributed by atoms with Crippen LogP contribution < -0.4 is 10.3 Å². The number of hydrogen-bond acceptors (Lipinski definition) is 5. The number of rotatable bonds is 4. The van der Waals surface area contributed by atoms with Crippen LogP contribution in [0.15, 0.2) is 36.4 Å². The highest BCUT2D eigenvalue weighted by molar-refractivity contribution is 6.42. The zero-order chi connectivity index (χ0) is 18.7. The molecule has 0 saturated heterocycles. The molecular formula is C13H7Cl3N4O5. The van der Waals surface area contributed by atoms with Gasteiger partial charge in [-0.2, -0.15) is 0 Å². The molecule has 12 heteroatoms. The van der Waals surface area contributed by atoms with Crippen molar-refractivity contribution in [2.24, 2.45) is 0 Å². The first kappa shape index (κ1) is 18.7. The molecule has 0 aliphatic heterocycles. The Kier molecular flexibility index (Phi) is 5.62. The highest BCUT2D eigenvalue weighted by Gasteiger charge is 2.32. The summed E-state index contributed by atoms with van der Waals surface area (Å²) in [4.78, 5) is 33.7. The summed E-state index contributed by atoms with van der Waals surface area (Å²) in [7, 11) is 0. The largest absolute Gasteiger partial charge is 0.385 e. The lowest BCUT2D eigenvalue weighted by molar-refractivity contribution is -0.481. The zero-order valence-corrected chi connectivity index (χ0v) is 14.2. The Morgan fingerprint density at radius 1 is 1.04 bits per heavy atom. The van der Waals surface area contributed by atoms with Gasteiger partial charge in [0.1, 0.15) is 0 Å². The topological polar surface area (TPSA) is 119 Å². The molecule has 25 heavy (non-hydrogen) atoms. The number of non-ortho nitro benzene ring substituents is 1. The van der Waals surface area contributed by atoms with Crippen molar-refractivity contribution < 1.29 is 14.8 Å². The highest BCUT2D eigenvalue weighted by Crippen LogP contribution is 2.37. The van der Waals surface area contributed by atoms with Crippen LogP contribution in [0.2, 0.25) is 15.1 Å². The number of carbonyl (C=O) groups is 1. The minimum atomic E-state index is -1.23. The minimum Gasteiger partial charge on any atom is -0.303 e. The number of anilines is 2. The Balaban J connectivity index is 2.39. The number of nitrogens with zero attached hydrogens (tertiary/aromatic N) is 3. The molecule has 1 N–H and O–H groups in total. The lowest BCUT2D eigenvalue weighted by Crippen LogP contribution is -2.40. The van der Waals surface area contributed by atoms with E-state index >= 15 is 0 Å². The second-order valence-electron chi connectivity index (χ2n) is 4.51. The maximum atomic E-state index is 12.3. The van der Waals surface area contributed by atoms with Gasteiger partial charge in [0.15, 0.2) is 10.7 Å². The molecule has 0 spiro atoms. The summed E-state index contributed by atoms with van der Waals surface area (Å²) < 4.78 is 0. The number of halogens is 3. The van der Waals surface area contributed by atoms with Gasteiger partial charge in [0.05, 0.1) is 15.0 Å². The maximum absolute atomic E-state index is 12.3. The van der Waals surface area contributed by atoms with E-state index in [0.29, 0.717) is 0 Å². The summed E-state index contributed by atoms with van der Waals surface area (Å²) in [6, 6.07) is 6.02. The molecule has 0 heterocycles. The third-order valence-corrected chi connectivity index (χ3v) is 3.65. The van der Waals surface area contributed by atoms with Crippen LogP contribution in [0.4, 0.5) is 21.9 Å². The van der Waals surface area contributed by atoms with Crippen LogP contribution in [0.25, 0.3) is 0 Å². The smallest absolute Gasteiger partial charge is 0.303 e. The van der Waals surface area contributed by atoms with E-state index < -0.39 is 16.0 Å². The summed E-state index contributed by atoms with van der Waals surface area (Å²) in [6.07, 6.45) is 0. The van der Waals surface area contributed by atoms with Crippen LogP contribution in [0.1, 0.15) is 0 Å².